The molecule has 3 aromatic rings. The van der Waals surface area contributed by atoms with Crippen LogP contribution in [0.4, 0.5) is 0 Å². The first-order valence-corrected chi connectivity index (χ1v) is 16.5. The van der Waals surface area contributed by atoms with Gasteiger partial charge in [-0.15, -0.1) is 0 Å². The summed E-state index contributed by atoms with van der Waals surface area (Å²) in [5.41, 5.74) is 1.72. The smallest absolute Gasteiger partial charge is 0.548 e. The van der Waals surface area contributed by atoms with E-state index in [2.05, 4.69) is 45.9 Å². The molecule has 3 aliphatic rings. The summed E-state index contributed by atoms with van der Waals surface area (Å²) in [6.07, 6.45) is 15.2. The maximum Gasteiger partial charge on any atom is 6.00 e. The number of imidazole rings is 3. The van der Waals surface area contributed by atoms with E-state index in [0.717, 1.165) is 18.2 Å². The van der Waals surface area contributed by atoms with E-state index in [0.29, 0.717) is 56.0 Å². The monoisotopic (exact) mass is 899 g/mol. The molecule has 3 saturated heterocycles. The summed E-state index contributed by atoms with van der Waals surface area (Å²) in [7, 11) is 0. The molecule has 3 unspecified atom stereocenters. The van der Waals surface area contributed by atoms with E-state index >= 15 is 0 Å². The zero-order valence-electron chi connectivity index (χ0n) is 30.1. The molecule has 3 aliphatic heterocycles. The summed E-state index contributed by atoms with van der Waals surface area (Å²) in [5, 5.41) is 94.2. The molecule has 0 amide bonds. The fourth-order valence-electron chi connectivity index (χ4n) is 4.34. The first kappa shape index (κ1) is 52.1. The molecule has 6 rings (SSSR count). The number of carbonyl (C=O) groups is 6. The number of aliphatic carboxylic acids is 6. The largest absolute Gasteiger partial charge is 6.00 e. The fraction of sp³-hybridized carbons (Fsp3) is 0.364. The molecule has 3 aromatic heterocycles. The zero-order valence-corrected chi connectivity index (χ0v) is 32.1. The SMILES string of the molecule is O=C([O-])C=Cc1c[nH]cn1.O=C([O-])C=Cc1c[nH]cn1.O=C([O-])C=Cc1c[nH]cn1.O=C([O-])[C@H]1NCCC1O.O=C([O-])[C@H]1NCCC1O.O=C([O-])[C@H]1NCCC1O.[Mo+6]. The summed E-state index contributed by atoms with van der Waals surface area (Å²) >= 11 is 0. The summed E-state index contributed by atoms with van der Waals surface area (Å²) in [4.78, 5) is 79.1. The molecule has 0 aromatic carbocycles. The molecule has 0 bridgehead atoms. The van der Waals surface area contributed by atoms with Gasteiger partial charge in [0.05, 0.1) is 108 Å². The van der Waals surface area contributed by atoms with Crippen molar-refractivity contribution in [3.8, 4) is 0 Å². The Labute approximate surface area is 343 Å². The van der Waals surface area contributed by atoms with Gasteiger partial charge in [0.25, 0.3) is 0 Å². The Bertz CT molecular complexity index is 1540. The molecule has 0 spiro atoms. The minimum Gasteiger partial charge on any atom is -0.548 e. The predicted octanol–water partition coefficient (Wildman–Crippen LogP) is -10.1. The van der Waals surface area contributed by atoms with Crippen LogP contribution in [-0.2, 0) is 49.8 Å². The van der Waals surface area contributed by atoms with Gasteiger partial charge in [-0.2, -0.15) is 0 Å². The van der Waals surface area contributed by atoms with Crippen molar-refractivity contribution in [2.75, 3.05) is 19.6 Å². The van der Waals surface area contributed by atoms with Crippen LogP contribution in [0.5, 0.6) is 0 Å². The number of H-pyrrole nitrogens is 3. The number of hydrogen-bond acceptors (Lipinski definition) is 21. The van der Waals surface area contributed by atoms with Gasteiger partial charge in [-0.25, -0.2) is 15.0 Å². The van der Waals surface area contributed by atoms with Gasteiger partial charge in [0.15, 0.2) is 0 Å². The maximum atomic E-state index is 10.1. The van der Waals surface area contributed by atoms with Crippen molar-refractivity contribution in [3.05, 3.63) is 72.9 Å². The predicted molar refractivity (Wildman–Crippen MR) is 180 cm³/mol. The van der Waals surface area contributed by atoms with E-state index < -0.39 is 72.3 Å². The van der Waals surface area contributed by atoms with Gasteiger partial charge in [0, 0.05) is 18.6 Å². The second kappa shape index (κ2) is 29.4. The molecule has 0 aliphatic carbocycles. The Morgan fingerprint density at radius 2 is 0.741 bits per heavy atom. The maximum absolute atomic E-state index is 10.1. The number of aromatic nitrogens is 6. The van der Waals surface area contributed by atoms with Gasteiger partial charge < -0.3 is 106 Å². The van der Waals surface area contributed by atoms with Crippen LogP contribution in [0, 0.1) is 0 Å². The molecule has 6 heterocycles. The van der Waals surface area contributed by atoms with Crippen LogP contribution in [0.3, 0.4) is 0 Å². The van der Waals surface area contributed by atoms with Crippen LogP contribution in [0.25, 0.3) is 18.2 Å². The average Bonchev–Trinajstić information content (AvgIpc) is 4.00. The number of carbonyl (C=O) groups excluding carboxylic acids is 6. The minimum atomic E-state index is -1.22. The standard InChI is InChI=1S/3C6H6N2O2.3C5H9NO3.Mo/c3*9-6(10)2-1-5-3-7-4-8-5;3*7-3-1-2-6-4(3)5(8)9;/h3*1-4H,(H,7,8)(H,9,10);3*3-4,6-7H,1-2H2,(H,8,9);/q;;;;;;+6/p-6/t;;;3*3?,4-;/m...000./s1. The topological polar surface area (TPSA) is 424 Å². The molecule has 3 fully saturated rings. The Hall–Kier alpha value is -5.88. The van der Waals surface area contributed by atoms with Crippen molar-refractivity contribution < 1.29 is 95.8 Å². The zero-order chi connectivity index (χ0) is 42.8. The Balaban J connectivity index is 0.000000670. The van der Waals surface area contributed by atoms with Crippen molar-refractivity contribution in [1.82, 2.24) is 45.9 Å². The third-order valence-corrected chi connectivity index (χ3v) is 7.06. The van der Waals surface area contributed by atoms with Crippen LogP contribution >= 0.6 is 0 Å². The molecule has 58 heavy (non-hydrogen) atoms. The van der Waals surface area contributed by atoms with Gasteiger partial charge in [-0.05, 0) is 75.4 Å². The number of aliphatic hydroxyl groups excluding tert-OH is 3. The third kappa shape index (κ3) is 23.2. The van der Waals surface area contributed by atoms with E-state index in [1.54, 1.807) is 18.6 Å². The van der Waals surface area contributed by atoms with Crippen LogP contribution < -0.4 is 46.6 Å². The first-order chi connectivity index (χ1) is 27.0. The molecule has 6 atom stereocenters. The molecule has 0 saturated carbocycles. The summed E-state index contributed by atoms with van der Waals surface area (Å²) < 4.78 is 0. The van der Waals surface area contributed by atoms with E-state index in [9.17, 15) is 59.4 Å². The van der Waals surface area contributed by atoms with Gasteiger partial charge in [0.1, 0.15) is 0 Å². The van der Waals surface area contributed by atoms with Gasteiger partial charge in [0.2, 0.25) is 0 Å². The number of rotatable bonds is 9. The number of aromatic amines is 3. The second-order valence-corrected chi connectivity index (χ2v) is 11.3. The number of nitrogens with zero attached hydrogens (tertiary/aromatic N) is 3. The minimum absolute atomic E-state index is 0. The number of aliphatic hydroxyl groups is 3. The van der Waals surface area contributed by atoms with Crippen LogP contribution in [-0.4, -0.2) is 137 Å². The van der Waals surface area contributed by atoms with E-state index in [4.69, 9.17) is 15.3 Å². The van der Waals surface area contributed by atoms with Crippen LogP contribution in [0.15, 0.2) is 55.8 Å². The van der Waals surface area contributed by atoms with E-state index in [1.807, 2.05) is 0 Å². The Morgan fingerprint density at radius 3 is 0.862 bits per heavy atom. The Kier molecular flexibility index (Phi) is 26.4. The van der Waals surface area contributed by atoms with Crippen molar-refractivity contribution in [1.29, 1.82) is 0 Å². The van der Waals surface area contributed by atoms with E-state index in [-0.39, 0.29) is 21.1 Å². The number of carboxylic acid groups (broad SMARTS) is 6. The number of carboxylic acids is 6. The number of hydrogen-bond donors (Lipinski definition) is 9. The van der Waals surface area contributed by atoms with E-state index in [1.165, 1.54) is 37.2 Å². The van der Waals surface area contributed by atoms with Crippen molar-refractivity contribution in [2.24, 2.45) is 0 Å². The molecular formula is C33H39MoN9O15. The molecule has 24 nitrogen and oxygen atoms in total. The van der Waals surface area contributed by atoms with Gasteiger partial charge in [-0.1, -0.05) is 0 Å². The van der Waals surface area contributed by atoms with Crippen molar-refractivity contribution in [3.63, 3.8) is 0 Å². The first-order valence-electron chi connectivity index (χ1n) is 16.5. The second-order valence-electron chi connectivity index (χ2n) is 11.3. The van der Waals surface area contributed by atoms with Crippen molar-refractivity contribution in [2.45, 2.75) is 55.7 Å². The van der Waals surface area contributed by atoms with Crippen molar-refractivity contribution >= 4 is 54.0 Å². The molecule has 9 N–H and O–H groups in total. The summed E-state index contributed by atoms with van der Waals surface area (Å²) in [6, 6.07) is -2.57. The quantitative estimate of drug-likeness (QED) is 0.0711. The van der Waals surface area contributed by atoms with Gasteiger partial charge in [-0.3, -0.25) is 0 Å². The average molecular weight is 898 g/mol. The molecular weight excluding hydrogens is 858 g/mol. The summed E-state index contributed by atoms with van der Waals surface area (Å²) in [6.45, 7) is 1.67. The molecule has 312 valence electrons. The van der Waals surface area contributed by atoms with Gasteiger partial charge >= 0.3 is 21.1 Å². The molecule has 25 heteroatoms. The number of nitrogens with one attached hydrogen (secondary N) is 6. The Morgan fingerprint density at radius 1 is 0.500 bits per heavy atom. The summed E-state index contributed by atoms with van der Waals surface area (Å²) in [5.74, 6) is -7.32. The normalized spacial score (nSPS) is 21.6. The van der Waals surface area contributed by atoms with Crippen LogP contribution in [0.2, 0.25) is 0 Å². The molecule has 0 radical (unpaired) electrons. The van der Waals surface area contributed by atoms with Crippen LogP contribution in [0.1, 0.15) is 36.3 Å². The third-order valence-electron chi connectivity index (χ3n) is 7.06. The fourth-order valence-corrected chi connectivity index (χ4v) is 4.34.